The molecule has 0 bridgehead atoms. The van der Waals surface area contributed by atoms with Crippen LogP contribution in [0, 0.1) is 5.92 Å². The van der Waals surface area contributed by atoms with Gasteiger partial charge in [0.05, 0.1) is 0 Å². The van der Waals surface area contributed by atoms with Crippen molar-refractivity contribution < 1.29 is 4.79 Å². The zero-order valence-electron chi connectivity index (χ0n) is 9.72. The molecule has 0 aromatic carbocycles. The van der Waals surface area contributed by atoms with Gasteiger partial charge in [0.2, 0.25) is 0 Å². The maximum atomic E-state index is 10.7. The Labute approximate surface area is 88.6 Å². The number of ketones is 1. The number of hydrogen-bond acceptors (Lipinski definition) is 1. The second-order valence-electron chi connectivity index (χ2n) is 4.27. The third kappa shape index (κ3) is 9.50. The highest BCUT2D eigenvalue weighted by atomic mass is 16.1. The van der Waals surface area contributed by atoms with Crippen LogP contribution in [-0.2, 0) is 4.79 Å². The van der Waals surface area contributed by atoms with E-state index in [2.05, 4.69) is 13.5 Å². The van der Waals surface area contributed by atoms with E-state index in [9.17, 15) is 4.79 Å². The van der Waals surface area contributed by atoms with Crippen molar-refractivity contribution in [3.63, 3.8) is 0 Å². The summed E-state index contributed by atoms with van der Waals surface area (Å²) in [6, 6.07) is 0. The maximum absolute atomic E-state index is 10.7. The lowest BCUT2D eigenvalue weighted by Gasteiger charge is -2.09. The Bertz CT molecular complexity index is 161. The summed E-state index contributed by atoms with van der Waals surface area (Å²) in [5, 5.41) is 0. The molecule has 0 heterocycles. The molecular weight excluding hydrogens is 172 g/mol. The minimum absolute atomic E-state index is 0.323. The first kappa shape index (κ1) is 13.4. The molecule has 1 nitrogen and oxygen atoms in total. The predicted molar refractivity (Wildman–Crippen MR) is 62.4 cm³/mol. The van der Waals surface area contributed by atoms with Crippen LogP contribution in [0.25, 0.3) is 0 Å². The van der Waals surface area contributed by atoms with Gasteiger partial charge in [0.15, 0.2) is 0 Å². The quantitative estimate of drug-likeness (QED) is 0.400. The number of Topliss-reactive ketones (excluding diaryl/α,β-unsaturated/α-hetero) is 1. The molecule has 0 spiro atoms. The van der Waals surface area contributed by atoms with Gasteiger partial charge in [-0.15, -0.1) is 6.58 Å². The molecule has 0 rings (SSSR count). The van der Waals surface area contributed by atoms with E-state index in [0.29, 0.717) is 5.78 Å². The Morgan fingerprint density at radius 2 is 1.93 bits per heavy atom. The molecule has 0 radical (unpaired) electrons. The fourth-order valence-electron chi connectivity index (χ4n) is 1.63. The number of hydrogen-bond donors (Lipinski definition) is 0. The van der Waals surface area contributed by atoms with E-state index in [1.165, 1.54) is 25.7 Å². The van der Waals surface area contributed by atoms with Gasteiger partial charge in [-0.25, -0.2) is 0 Å². The Balaban J connectivity index is 3.23. The predicted octanol–water partition coefficient (Wildman–Crippen LogP) is 4.13. The molecule has 0 N–H and O–H groups in total. The summed E-state index contributed by atoms with van der Waals surface area (Å²) >= 11 is 0. The van der Waals surface area contributed by atoms with E-state index in [0.717, 1.165) is 25.2 Å². The van der Waals surface area contributed by atoms with E-state index in [1.807, 2.05) is 6.08 Å². The number of allylic oxidation sites excluding steroid dienone is 1. The minimum atomic E-state index is 0.323. The third-order valence-corrected chi connectivity index (χ3v) is 2.58. The number of unbranched alkanes of at least 4 members (excludes halogenated alkanes) is 2. The number of carbonyl (C=O) groups excluding carboxylic acids is 1. The van der Waals surface area contributed by atoms with Gasteiger partial charge in [-0.1, -0.05) is 32.3 Å². The Morgan fingerprint density at radius 3 is 2.50 bits per heavy atom. The summed E-state index contributed by atoms with van der Waals surface area (Å²) in [6.07, 6.45) is 10.0. The van der Waals surface area contributed by atoms with Gasteiger partial charge >= 0.3 is 0 Å². The first-order chi connectivity index (χ1) is 6.66. The molecular formula is C13H24O. The van der Waals surface area contributed by atoms with Crippen LogP contribution < -0.4 is 0 Å². The van der Waals surface area contributed by atoms with Crippen molar-refractivity contribution >= 4 is 5.78 Å². The Hall–Kier alpha value is -0.590. The Kier molecular flexibility index (Phi) is 8.61. The molecule has 0 amide bonds. The second kappa shape index (κ2) is 8.98. The van der Waals surface area contributed by atoms with Crippen molar-refractivity contribution in [2.24, 2.45) is 5.92 Å². The first-order valence-electron chi connectivity index (χ1n) is 5.77. The van der Waals surface area contributed by atoms with Crippen molar-refractivity contribution in [3.05, 3.63) is 12.7 Å². The van der Waals surface area contributed by atoms with Crippen LogP contribution in [-0.4, -0.2) is 5.78 Å². The summed E-state index contributed by atoms with van der Waals surface area (Å²) in [7, 11) is 0. The van der Waals surface area contributed by atoms with Crippen LogP contribution in [0.4, 0.5) is 0 Å². The van der Waals surface area contributed by atoms with Gasteiger partial charge in [-0.3, -0.25) is 0 Å². The lowest BCUT2D eigenvalue weighted by atomic mass is 9.97. The molecule has 14 heavy (non-hydrogen) atoms. The van der Waals surface area contributed by atoms with E-state index < -0.39 is 0 Å². The highest BCUT2D eigenvalue weighted by Gasteiger charge is 2.02. The van der Waals surface area contributed by atoms with E-state index >= 15 is 0 Å². The fraction of sp³-hybridized carbons (Fsp3) is 0.769. The molecule has 0 aliphatic rings. The summed E-state index contributed by atoms with van der Waals surface area (Å²) in [5.74, 6) is 1.10. The van der Waals surface area contributed by atoms with Crippen molar-refractivity contribution in [1.82, 2.24) is 0 Å². The molecule has 0 aliphatic carbocycles. The molecule has 0 aromatic heterocycles. The summed E-state index contributed by atoms with van der Waals surface area (Å²) in [4.78, 5) is 10.7. The molecule has 1 atom stereocenters. The average molecular weight is 196 g/mol. The average Bonchev–Trinajstić information content (AvgIpc) is 2.12. The summed E-state index contributed by atoms with van der Waals surface area (Å²) in [5.41, 5.74) is 0. The highest BCUT2D eigenvalue weighted by molar-refractivity contribution is 5.75. The van der Waals surface area contributed by atoms with Crippen LogP contribution in [0.5, 0.6) is 0 Å². The standard InChI is InChI=1S/C13H24O/c1-4-5-6-7-9-12(2)10-8-11-13(3)14/h4,12H,1,5-11H2,2-3H3. The minimum Gasteiger partial charge on any atom is -0.300 e. The van der Waals surface area contributed by atoms with Crippen LogP contribution >= 0.6 is 0 Å². The second-order valence-corrected chi connectivity index (χ2v) is 4.27. The van der Waals surface area contributed by atoms with E-state index in [-0.39, 0.29) is 0 Å². The van der Waals surface area contributed by atoms with Crippen LogP contribution in [0.15, 0.2) is 12.7 Å². The molecule has 0 aromatic rings. The highest BCUT2D eigenvalue weighted by Crippen LogP contribution is 2.15. The SMILES string of the molecule is C=CCCCCC(C)CCCC(C)=O. The number of carbonyl (C=O) groups is 1. The van der Waals surface area contributed by atoms with Gasteiger partial charge in [-0.05, 0) is 32.1 Å². The smallest absolute Gasteiger partial charge is 0.129 e. The molecule has 1 heteroatoms. The van der Waals surface area contributed by atoms with Gasteiger partial charge in [0, 0.05) is 6.42 Å². The fourth-order valence-corrected chi connectivity index (χ4v) is 1.63. The van der Waals surface area contributed by atoms with Gasteiger partial charge < -0.3 is 4.79 Å². The topological polar surface area (TPSA) is 17.1 Å². The molecule has 82 valence electrons. The van der Waals surface area contributed by atoms with Crippen molar-refractivity contribution in [3.8, 4) is 0 Å². The monoisotopic (exact) mass is 196 g/mol. The van der Waals surface area contributed by atoms with E-state index in [4.69, 9.17) is 0 Å². The Morgan fingerprint density at radius 1 is 1.29 bits per heavy atom. The van der Waals surface area contributed by atoms with Crippen LogP contribution in [0.2, 0.25) is 0 Å². The van der Waals surface area contributed by atoms with E-state index in [1.54, 1.807) is 6.92 Å². The zero-order valence-corrected chi connectivity index (χ0v) is 9.72. The van der Waals surface area contributed by atoms with Crippen LogP contribution in [0.3, 0.4) is 0 Å². The van der Waals surface area contributed by atoms with Gasteiger partial charge in [-0.2, -0.15) is 0 Å². The van der Waals surface area contributed by atoms with Gasteiger partial charge in [0.25, 0.3) is 0 Å². The van der Waals surface area contributed by atoms with Gasteiger partial charge in [0.1, 0.15) is 5.78 Å². The normalized spacial score (nSPS) is 12.4. The summed E-state index contributed by atoms with van der Waals surface area (Å²) < 4.78 is 0. The third-order valence-electron chi connectivity index (χ3n) is 2.58. The largest absolute Gasteiger partial charge is 0.300 e. The van der Waals surface area contributed by atoms with Crippen molar-refractivity contribution in [1.29, 1.82) is 0 Å². The maximum Gasteiger partial charge on any atom is 0.129 e. The molecule has 0 saturated carbocycles. The zero-order chi connectivity index (χ0) is 10.8. The molecule has 1 unspecified atom stereocenters. The lowest BCUT2D eigenvalue weighted by Crippen LogP contribution is -1.97. The molecule has 0 fully saturated rings. The molecule has 0 aliphatic heterocycles. The number of rotatable bonds is 9. The first-order valence-corrected chi connectivity index (χ1v) is 5.77. The molecule has 0 saturated heterocycles. The lowest BCUT2D eigenvalue weighted by molar-refractivity contribution is -0.117. The van der Waals surface area contributed by atoms with Crippen molar-refractivity contribution in [2.45, 2.75) is 58.8 Å². The van der Waals surface area contributed by atoms with Crippen molar-refractivity contribution in [2.75, 3.05) is 0 Å². The summed E-state index contributed by atoms with van der Waals surface area (Å²) in [6.45, 7) is 7.67. The van der Waals surface area contributed by atoms with Crippen LogP contribution in [0.1, 0.15) is 58.8 Å².